The minimum atomic E-state index is -4.45. The first-order valence-electron chi connectivity index (χ1n) is 6.42. The van der Waals surface area contributed by atoms with Gasteiger partial charge in [-0.2, -0.15) is 13.2 Å². The number of carbonyl (C=O) groups excluding carboxylic acids is 1. The van der Waals surface area contributed by atoms with Gasteiger partial charge in [-0.05, 0) is 25.5 Å². The minimum absolute atomic E-state index is 0.0190. The summed E-state index contributed by atoms with van der Waals surface area (Å²) in [7, 11) is 0. The lowest BCUT2D eigenvalue weighted by atomic mass is 10.0. The molecule has 1 unspecified atom stereocenters. The van der Waals surface area contributed by atoms with Crippen LogP contribution in [0.4, 0.5) is 13.2 Å². The lowest BCUT2D eigenvalue weighted by molar-refractivity contribution is -0.138. The lowest BCUT2D eigenvalue weighted by Gasteiger charge is -2.16. The van der Waals surface area contributed by atoms with Crippen LogP contribution >= 0.6 is 0 Å². The molecule has 0 saturated carbocycles. The molecule has 1 atom stereocenters. The second-order valence-electron chi connectivity index (χ2n) is 4.82. The molecular weight excluding hydrogens is 271 g/mol. The Labute approximate surface area is 114 Å². The van der Waals surface area contributed by atoms with Crippen molar-refractivity contribution in [2.45, 2.75) is 38.5 Å². The second kappa shape index (κ2) is 5.78. The third kappa shape index (κ3) is 3.47. The molecule has 2 rings (SSSR count). The minimum Gasteiger partial charge on any atom is -0.352 e. The first kappa shape index (κ1) is 14.8. The van der Waals surface area contributed by atoms with E-state index in [0.29, 0.717) is 5.69 Å². The number of pyridine rings is 1. The number of halogens is 3. The molecule has 4 nitrogen and oxygen atoms in total. The molecule has 1 amide bonds. The Balaban J connectivity index is 2.29. The Morgan fingerprint density at radius 1 is 1.55 bits per heavy atom. The number of hydrogen-bond donors (Lipinski definition) is 2. The summed E-state index contributed by atoms with van der Waals surface area (Å²) in [6.45, 7) is 1.88. The van der Waals surface area contributed by atoms with Crippen LogP contribution in [0.15, 0.2) is 12.3 Å². The summed E-state index contributed by atoms with van der Waals surface area (Å²) in [4.78, 5) is 14.9. The van der Waals surface area contributed by atoms with Gasteiger partial charge in [0.15, 0.2) is 0 Å². The predicted octanol–water partition coefficient (Wildman–Crippen LogP) is 2.16. The third-order valence-electron chi connectivity index (χ3n) is 3.26. The van der Waals surface area contributed by atoms with Gasteiger partial charge >= 0.3 is 6.18 Å². The fourth-order valence-corrected chi connectivity index (χ4v) is 2.25. The van der Waals surface area contributed by atoms with Crippen LogP contribution in [-0.4, -0.2) is 17.4 Å². The Morgan fingerprint density at radius 2 is 2.30 bits per heavy atom. The molecule has 20 heavy (non-hydrogen) atoms. The van der Waals surface area contributed by atoms with Crippen molar-refractivity contribution < 1.29 is 18.0 Å². The summed E-state index contributed by atoms with van der Waals surface area (Å²) < 4.78 is 39.2. The molecule has 0 bridgehead atoms. The zero-order valence-corrected chi connectivity index (χ0v) is 11.0. The SMILES string of the molecule is CC(=O)NCc1cnc(C2CCCN2)cc1C(F)(F)F. The highest BCUT2D eigenvalue weighted by Crippen LogP contribution is 2.34. The van der Waals surface area contributed by atoms with Crippen molar-refractivity contribution in [2.75, 3.05) is 6.54 Å². The van der Waals surface area contributed by atoms with Gasteiger partial charge in [0, 0.05) is 31.3 Å². The first-order valence-corrected chi connectivity index (χ1v) is 6.42. The Bertz CT molecular complexity index is 496. The summed E-state index contributed by atoms with van der Waals surface area (Å²) in [5.74, 6) is -0.375. The number of nitrogens with one attached hydrogen (secondary N) is 2. The Hall–Kier alpha value is -1.63. The average Bonchev–Trinajstić information content (AvgIpc) is 2.88. The number of rotatable bonds is 3. The molecule has 2 heterocycles. The van der Waals surface area contributed by atoms with Crippen LogP contribution in [0.5, 0.6) is 0 Å². The summed E-state index contributed by atoms with van der Waals surface area (Å²) >= 11 is 0. The molecule has 2 N–H and O–H groups in total. The highest BCUT2D eigenvalue weighted by atomic mass is 19.4. The predicted molar refractivity (Wildman–Crippen MR) is 66.7 cm³/mol. The normalized spacial score (nSPS) is 19.1. The molecule has 7 heteroatoms. The van der Waals surface area contributed by atoms with Gasteiger partial charge < -0.3 is 10.6 Å². The van der Waals surface area contributed by atoms with Gasteiger partial charge in [-0.25, -0.2) is 0 Å². The smallest absolute Gasteiger partial charge is 0.352 e. The topological polar surface area (TPSA) is 54.0 Å². The van der Waals surface area contributed by atoms with Crippen molar-refractivity contribution in [3.63, 3.8) is 0 Å². The van der Waals surface area contributed by atoms with E-state index in [-0.39, 0.29) is 24.1 Å². The fraction of sp³-hybridized carbons (Fsp3) is 0.538. The van der Waals surface area contributed by atoms with Crippen molar-refractivity contribution in [3.8, 4) is 0 Å². The fourth-order valence-electron chi connectivity index (χ4n) is 2.25. The maximum Gasteiger partial charge on any atom is 0.416 e. The van der Waals surface area contributed by atoms with Gasteiger partial charge in [0.1, 0.15) is 0 Å². The van der Waals surface area contributed by atoms with Crippen LogP contribution in [0.1, 0.15) is 42.6 Å². The average molecular weight is 287 g/mol. The molecule has 0 aliphatic carbocycles. The Kier molecular flexibility index (Phi) is 4.27. The van der Waals surface area contributed by atoms with E-state index in [1.807, 2.05) is 0 Å². The summed E-state index contributed by atoms with van der Waals surface area (Å²) in [6.07, 6.45) is -1.53. The van der Waals surface area contributed by atoms with Gasteiger partial charge in [0.2, 0.25) is 5.91 Å². The molecule has 110 valence electrons. The van der Waals surface area contributed by atoms with Crippen molar-refractivity contribution in [3.05, 3.63) is 29.1 Å². The Morgan fingerprint density at radius 3 is 2.85 bits per heavy atom. The molecule has 0 spiro atoms. The molecule has 1 aromatic heterocycles. The number of amides is 1. The maximum atomic E-state index is 13.1. The van der Waals surface area contributed by atoms with Gasteiger partial charge in [0.25, 0.3) is 0 Å². The standard InChI is InChI=1S/C13H16F3N3O/c1-8(20)18-6-9-7-19-12(11-3-2-4-17-11)5-10(9)13(14,15)16/h5,7,11,17H,2-4,6H2,1H3,(H,18,20). The number of aromatic nitrogens is 1. The van der Waals surface area contributed by atoms with Gasteiger partial charge in [0.05, 0.1) is 11.3 Å². The number of nitrogens with zero attached hydrogens (tertiary/aromatic N) is 1. The van der Waals surface area contributed by atoms with E-state index in [1.165, 1.54) is 13.1 Å². The highest BCUT2D eigenvalue weighted by molar-refractivity contribution is 5.72. The van der Waals surface area contributed by atoms with Crippen LogP contribution < -0.4 is 10.6 Å². The molecule has 0 radical (unpaired) electrons. The summed E-state index contributed by atoms with van der Waals surface area (Å²) in [6, 6.07) is 0.964. The van der Waals surface area contributed by atoms with Crippen LogP contribution in [0, 0.1) is 0 Å². The van der Waals surface area contributed by atoms with E-state index in [9.17, 15) is 18.0 Å². The van der Waals surface area contributed by atoms with Crippen molar-refractivity contribution >= 4 is 5.91 Å². The van der Waals surface area contributed by atoms with E-state index in [2.05, 4.69) is 15.6 Å². The largest absolute Gasteiger partial charge is 0.416 e. The van der Waals surface area contributed by atoms with Crippen LogP contribution in [0.2, 0.25) is 0 Å². The number of carbonyl (C=O) groups is 1. The van der Waals surface area contributed by atoms with Crippen molar-refractivity contribution in [1.82, 2.24) is 15.6 Å². The zero-order valence-electron chi connectivity index (χ0n) is 11.0. The van der Waals surface area contributed by atoms with E-state index >= 15 is 0 Å². The van der Waals surface area contributed by atoms with Gasteiger partial charge in [-0.1, -0.05) is 0 Å². The van der Waals surface area contributed by atoms with Gasteiger partial charge in [-0.15, -0.1) is 0 Å². The molecule has 0 aromatic carbocycles. The molecule has 1 aliphatic heterocycles. The summed E-state index contributed by atoms with van der Waals surface area (Å²) in [5.41, 5.74) is -0.346. The van der Waals surface area contributed by atoms with Crippen LogP contribution in [-0.2, 0) is 17.5 Å². The maximum absolute atomic E-state index is 13.1. The number of alkyl halides is 3. The van der Waals surface area contributed by atoms with E-state index < -0.39 is 11.7 Å². The molecule has 1 aliphatic rings. The molecule has 1 aromatic rings. The molecular formula is C13H16F3N3O. The summed E-state index contributed by atoms with van der Waals surface area (Å²) in [5, 5.41) is 5.49. The van der Waals surface area contributed by atoms with E-state index in [4.69, 9.17) is 0 Å². The lowest BCUT2D eigenvalue weighted by Crippen LogP contribution is -2.23. The quantitative estimate of drug-likeness (QED) is 0.895. The first-order chi connectivity index (χ1) is 9.38. The zero-order chi connectivity index (χ0) is 14.8. The van der Waals surface area contributed by atoms with Crippen LogP contribution in [0.25, 0.3) is 0 Å². The molecule has 1 fully saturated rings. The van der Waals surface area contributed by atoms with Crippen molar-refractivity contribution in [2.24, 2.45) is 0 Å². The second-order valence-corrected chi connectivity index (χ2v) is 4.82. The van der Waals surface area contributed by atoms with Gasteiger partial charge in [-0.3, -0.25) is 9.78 Å². The third-order valence-corrected chi connectivity index (χ3v) is 3.26. The van der Waals surface area contributed by atoms with Crippen LogP contribution in [0.3, 0.4) is 0 Å². The van der Waals surface area contributed by atoms with Crippen molar-refractivity contribution in [1.29, 1.82) is 0 Å². The van der Waals surface area contributed by atoms with E-state index in [0.717, 1.165) is 25.5 Å². The monoisotopic (exact) mass is 287 g/mol. The van der Waals surface area contributed by atoms with E-state index in [1.54, 1.807) is 0 Å². The molecule has 1 saturated heterocycles. The highest BCUT2D eigenvalue weighted by Gasteiger charge is 2.34. The number of hydrogen-bond acceptors (Lipinski definition) is 3.